The monoisotopic (exact) mass is 737 g/mol. The van der Waals surface area contributed by atoms with E-state index in [0.29, 0.717) is 0 Å². The molecule has 4 rings (SSSR count). The molecule has 24 nitrogen and oxygen atoms in total. The minimum absolute atomic E-state index is 0.0123. The number of hydrogen-bond donors (Lipinski definition) is 14. The van der Waals surface area contributed by atoms with Crippen molar-refractivity contribution in [2.45, 2.75) is 123 Å². The van der Waals surface area contributed by atoms with Crippen molar-refractivity contribution < 1.29 is 114 Å². The number of carbonyl (C=O) groups is 2. The third kappa shape index (κ3) is 8.35. The fraction of sp³-hybridized carbons (Fsp3) is 0.923. The van der Waals surface area contributed by atoms with Crippen molar-refractivity contribution in [3.8, 4) is 0 Å². The lowest BCUT2D eigenvalue weighted by Crippen LogP contribution is -2.68. The number of carboxylic acid groups (broad SMARTS) is 2. The first-order valence-electron chi connectivity index (χ1n) is 15.3. The molecule has 0 aromatic rings. The van der Waals surface area contributed by atoms with Crippen LogP contribution >= 0.6 is 0 Å². The zero-order valence-corrected chi connectivity index (χ0v) is 25.8. The normalized spacial score (nSPS) is 48.6. The van der Waals surface area contributed by atoms with E-state index in [0.717, 1.165) is 0 Å². The number of nitrogens with two attached hydrogens (primary N) is 1. The summed E-state index contributed by atoms with van der Waals surface area (Å²) < 4.78 is 42.7. The Labute approximate surface area is 281 Å². The first-order valence-corrected chi connectivity index (χ1v) is 15.3. The van der Waals surface area contributed by atoms with Crippen LogP contribution in [0.5, 0.6) is 0 Å². The Morgan fingerprint density at radius 3 is 1.38 bits per heavy atom. The molecule has 4 aliphatic rings. The molecule has 4 heterocycles. The smallest absolute Gasteiger partial charge is 0.335 e. The highest BCUT2D eigenvalue weighted by atomic mass is 16.8. The van der Waals surface area contributed by atoms with Gasteiger partial charge in [-0.2, -0.15) is 0 Å². The lowest BCUT2D eigenvalue weighted by atomic mass is 9.95. The number of aliphatic hydroxyl groups is 11. The van der Waals surface area contributed by atoms with E-state index in [1.807, 2.05) is 0 Å². The van der Waals surface area contributed by atoms with Gasteiger partial charge in [-0.15, -0.1) is 0 Å². The number of aliphatic carboxylic acids is 2. The predicted octanol–water partition coefficient (Wildman–Crippen LogP) is -9.58. The van der Waals surface area contributed by atoms with Gasteiger partial charge in [0.1, 0.15) is 85.5 Å². The second-order valence-corrected chi connectivity index (χ2v) is 11.9. The molecular weight excluding hydrogens is 694 g/mol. The molecule has 290 valence electrons. The number of rotatable bonds is 13. The van der Waals surface area contributed by atoms with E-state index in [1.54, 1.807) is 0 Å². The van der Waals surface area contributed by atoms with Gasteiger partial charge in [-0.3, -0.25) is 0 Å². The number of ether oxygens (including phenoxy) is 8. The summed E-state index contributed by atoms with van der Waals surface area (Å²) >= 11 is 0. The molecule has 0 amide bonds. The summed E-state index contributed by atoms with van der Waals surface area (Å²) in [5.41, 5.74) is 5.36. The summed E-state index contributed by atoms with van der Waals surface area (Å²) in [5.74, 6) is -3.57. The second kappa shape index (κ2) is 17.3. The van der Waals surface area contributed by atoms with Crippen LogP contribution in [-0.2, 0) is 47.5 Å². The van der Waals surface area contributed by atoms with E-state index in [4.69, 9.17) is 43.6 Å². The third-order valence-electron chi connectivity index (χ3n) is 8.51. The lowest BCUT2D eigenvalue weighted by molar-refractivity contribution is -0.385. The van der Waals surface area contributed by atoms with Crippen LogP contribution in [0.25, 0.3) is 0 Å². The van der Waals surface area contributed by atoms with Crippen molar-refractivity contribution in [3.63, 3.8) is 0 Å². The molecule has 4 aliphatic heterocycles. The van der Waals surface area contributed by atoms with Crippen LogP contribution < -0.4 is 5.73 Å². The van der Waals surface area contributed by atoms with Crippen molar-refractivity contribution in [1.29, 1.82) is 0 Å². The standard InChI is InChI=1S/C26H43NO23/c27-1-2-43-23-12(35)9(32)16(5(3-28)44-23)47-26-15(38)18(14(37)20(50-26)22(41)42)48-24-13(36)10(33)17(6(4-29)45-24)46-25-11(34)7(30)8(31)19(49-25)21(39)40/h5-20,23-26,28-38H,1-4,27H2,(H,39,40)(H,41,42). The van der Waals surface area contributed by atoms with Crippen molar-refractivity contribution in [2.24, 2.45) is 5.73 Å². The van der Waals surface area contributed by atoms with Crippen molar-refractivity contribution in [1.82, 2.24) is 0 Å². The third-order valence-corrected chi connectivity index (χ3v) is 8.51. The first-order chi connectivity index (χ1) is 23.6. The lowest BCUT2D eigenvalue weighted by Gasteiger charge is -2.48. The Bertz CT molecular complexity index is 1120. The summed E-state index contributed by atoms with van der Waals surface area (Å²) in [5, 5.41) is 134. The summed E-state index contributed by atoms with van der Waals surface area (Å²) in [4.78, 5) is 23.4. The number of hydrogen-bond acceptors (Lipinski definition) is 22. The van der Waals surface area contributed by atoms with E-state index in [2.05, 4.69) is 0 Å². The van der Waals surface area contributed by atoms with Gasteiger partial charge in [0.2, 0.25) is 0 Å². The van der Waals surface area contributed by atoms with E-state index >= 15 is 0 Å². The number of carboxylic acids is 2. The fourth-order valence-electron chi connectivity index (χ4n) is 5.82. The molecule has 20 atom stereocenters. The van der Waals surface area contributed by atoms with Gasteiger partial charge in [0.05, 0.1) is 19.8 Å². The van der Waals surface area contributed by atoms with Crippen LogP contribution in [-0.4, -0.2) is 228 Å². The van der Waals surface area contributed by atoms with Crippen LogP contribution in [0.3, 0.4) is 0 Å². The highest BCUT2D eigenvalue weighted by Gasteiger charge is 2.56. The Morgan fingerprint density at radius 1 is 0.500 bits per heavy atom. The van der Waals surface area contributed by atoms with Gasteiger partial charge in [0, 0.05) is 6.54 Å². The van der Waals surface area contributed by atoms with Crippen molar-refractivity contribution >= 4 is 11.9 Å². The van der Waals surface area contributed by atoms with Gasteiger partial charge in [0.15, 0.2) is 37.4 Å². The summed E-state index contributed by atoms with van der Waals surface area (Å²) in [6.07, 6.45) is -39.7. The molecule has 15 N–H and O–H groups in total. The minimum Gasteiger partial charge on any atom is -0.479 e. The quantitative estimate of drug-likeness (QED) is 0.0834. The average Bonchev–Trinajstić information content (AvgIpc) is 3.08. The molecule has 0 aromatic heterocycles. The zero-order chi connectivity index (χ0) is 37.2. The summed E-state index contributed by atoms with van der Waals surface area (Å²) in [6, 6.07) is 0. The van der Waals surface area contributed by atoms with E-state index in [9.17, 15) is 76.0 Å². The maximum absolute atomic E-state index is 12.0. The maximum Gasteiger partial charge on any atom is 0.335 e. The van der Waals surface area contributed by atoms with E-state index < -0.39 is 148 Å². The van der Waals surface area contributed by atoms with Gasteiger partial charge < -0.3 is 110 Å². The minimum atomic E-state index is -2.25. The van der Waals surface area contributed by atoms with Gasteiger partial charge in [-0.05, 0) is 0 Å². The Balaban J connectivity index is 1.50. The molecule has 0 aromatic carbocycles. The van der Waals surface area contributed by atoms with E-state index in [1.165, 1.54) is 0 Å². The Kier molecular flexibility index (Phi) is 14.2. The average molecular weight is 738 g/mol. The van der Waals surface area contributed by atoms with Crippen LogP contribution in [0, 0.1) is 0 Å². The SMILES string of the molecule is NCCOC1OC(CO)C(OC2OC(C(=O)O)C(O)C(OC3OC(CO)C(OC4OC(C(=O)O)C(O)C(O)C4O)C(O)C3O)C2O)C(O)C1O. The zero-order valence-electron chi connectivity index (χ0n) is 25.8. The summed E-state index contributed by atoms with van der Waals surface area (Å²) in [7, 11) is 0. The molecule has 4 fully saturated rings. The van der Waals surface area contributed by atoms with Gasteiger partial charge in [-0.25, -0.2) is 9.59 Å². The molecule has 0 saturated carbocycles. The molecule has 20 unspecified atom stereocenters. The topological polar surface area (TPSA) is 397 Å². The molecular formula is C26H43NO23. The second-order valence-electron chi connectivity index (χ2n) is 11.9. The van der Waals surface area contributed by atoms with Gasteiger partial charge in [-0.1, -0.05) is 0 Å². The first kappa shape index (κ1) is 40.9. The largest absolute Gasteiger partial charge is 0.479 e. The fourth-order valence-corrected chi connectivity index (χ4v) is 5.82. The molecule has 0 spiro atoms. The molecule has 50 heavy (non-hydrogen) atoms. The van der Waals surface area contributed by atoms with Gasteiger partial charge >= 0.3 is 11.9 Å². The van der Waals surface area contributed by atoms with Crippen LogP contribution in [0.15, 0.2) is 0 Å². The number of aliphatic hydroxyl groups excluding tert-OH is 11. The molecule has 0 bridgehead atoms. The molecule has 24 heteroatoms. The van der Waals surface area contributed by atoms with E-state index in [-0.39, 0.29) is 13.2 Å². The van der Waals surface area contributed by atoms with Crippen LogP contribution in [0.1, 0.15) is 0 Å². The maximum atomic E-state index is 12.0. The van der Waals surface area contributed by atoms with Crippen LogP contribution in [0.4, 0.5) is 0 Å². The van der Waals surface area contributed by atoms with Crippen molar-refractivity contribution in [2.75, 3.05) is 26.4 Å². The molecule has 4 saturated heterocycles. The predicted molar refractivity (Wildman–Crippen MR) is 148 cm³/mol. The van der Waals surface area contributed by atoms with Crippen molar-refractivity contribution in [3.05, 3.63) is 0 Å². The van der Waals surface area contributed by atoms with Crippen LogP contribution in [0.2, 0.25) is 0 Å². The Hall–Kier alpha value is -1.86. The highest BCUT2D eigenvalue weighted by molar-refractivity contribution is 5.73. The Morgan fingerprint density at radius 2 is 0.900 bits per heavy atom. The molecule has 0 radical (unpaired) electrons. The van der Waals surface area contributed by atoms with Gasteiger partial charge in [0.25, 0.3) is 0 Å². The highest BCUT2D eigenvalue weighted by Crippen LogP contribution is 2.34. The molecule has 0 aliphatic carbocycles. The summed E-state index contributed by atoms with van der Waals surface area (Å²) in [6.45, 7) is -1.98.